The molecule has 4 nitrogen and oxygen atoms in total. The van der Waals surface area contributed by atoms with E-state index in [4.69, 9.17) is 9.47 Å². The minimum Gasteiger partial charge on any atom is -0.491 e. The van der Waals surface area contributed by atoms with Crippen LogP contribution in [0.5, 0.6) is 5.75 Å². The van der Waals surface area contributed by atoms with Gasteiger partial charge in [-0.3, -0.25) is 9.80 Å². The van der Waals surface area contributed by atoms with E-state index in [1.165, 1.54) is 37.9 Å². The van der Waals surface area contributed by atoms with Crippen LogP contribution in [0, 0.1) is 11.8 Å². The van der Waals surface area contributed by atoms with Gasteiger partial charge in [0.25, 0.3) is 0 Å². The van der Waals surface area contributed by atoms with Crippen molar-refractivity contribution in [1.82, 2.24) is 9.80 Å². The molecule has 0 spiro atoms. The summed E-state index contributed by atoms with van der Waals surface area (Å²) in [5.74, 6) is 2.66. The van der Waals surface area contributed by atoms with Crippen LogP contribution in [0.2, 0.25) is 0 Å². The van der Waals surface area contributed by atoms with Crippen LogP contribution in [0.1, 0.15) is 38.7 Å². The Morgan fingerprint density at radius 3 is 2.54 bits per heavy atom. The summed E-state index contributed by atoms with van der Waals surface area (Å²) in [6.45, 7) is 11.8. The number of morpholine rings is 1. The fourth-order valence-electron chi connectivity index (χ4n) is 5.35. The fraction of sp³-hybridized carbons (Fsp3) is 0.727. The maximum atomic E-state index is 5.88. The predicted molar refractivity (Wildman–Crippen MR) is 104 cm³/mol. The van der Waals surface area contributed by atoms with Crippen LogP contribution in [0.3, 0.4) is 0 Å². The second kappa shape index (κ2) is 8.28. The number of piperidine rings is 1. The number of ether oxygens (including phenoxy) is 2. The van der Waals surface area contributed by atoms with Crippen molar-refractivity contribution in [3.63, 3.8) is 0 Å². The van der Waals surface area contributed by atoms with Gasteiger partial charge in [0.1, 0.15) is 5.75 Å². The molecular formula is C22H34N2O2. The van der Waals surface area contributed by atoms with E-state index in [2.05, 4.69) is 47.9 Å². The van der Waals surface area contributed by atoms with E-state index in [1.807, 2.05) is 0 Å². The van der Waals surface area contributed by atoms with Crippen molar-refractivity contribution in [2.75, 3.05) is 39.4 Å². The van der Waals surface area contributed by atoms with Crippen molar-refractivity contribution < 1.29 is 9.47 Å². The lowest BCUT2D eigenvalue weighted by atomic mass is 9.72. The van der Waals surface area contributed by atoms with Gasteiger partial charge in [0, 0.05) is 38.8 Å². The van der Waals surface area contributed by atoms with Gasteiger partial charge in [0.15, 0.2) is 0 Å². The van der Waals surface area contributed by atoms with Crippen LogP contribution in [0.4, 0.5) is 0 Å². The average molecular weight is 359 g/mol. The minimum atomic E-state index is 0.230. The molecule has 0 N–H and O–H groups in total. The number of hydrogen-bond donors (Lipinski definition) is 0. The zero-order chi connectivity index (χ0) is 17.9. The second-order valence-corrected chi connectivity index (χ2v) is 8.60. The van der Waals surface area contributed by atoms with E-state index >= 15 is 0 Å². The van der Waals surface area contributed by atoms with Gasteiger partial charge in [-0.2, -0.15) is 0 Å². The van der Waals surface area contributed by atoms with Crippen LogP contribution in [-0.4, -0.2) is 61.3 Å². The summed E-state index contributed by atoms with van der Waals surface area (Å²) in [7, 11) is 0. The highest BCUT2D eigenvalue weighted by Crippen LogP contribution is 2.38. The number of nitrogens with zero attached hydrogens (tertiary/aromatic N) is 2. The van der Waals surface area contributed by atoms with E-state index in [-0.39, 0.29) is 6.10 Å². The molecule has 0 amide bonds. The van der Waals surface area contributed by atoms with Crippen molar-refractivity contribution in [2.24, 2.45) is 11.8 Å². The van der Waals surface area contributed by atoms with Gasteiger partial charge < -0.3 is 9.47 Å². The molecule has 2 saturated heterocycles. The molecule has 2 bridgehead atoms. The summed E-state index contributed by atoms with van der Waals surface area (Å²) in [6, 6.07) is 9.47. The third-order valence-corrected chi connectivity index (χ3v) is 6.24. The van der Waals surface area contributed by atoms with Gasteiger partial charge in [0.05, 0.1) is 19.3 Å². The third-order valence-electron chi connectivity index (χ3n) is 6.24. The SMILES string of the molecule is CC(C)Oc1cccc(CN2C[C@@H]3CCC[C@@H](C2)C3N2CCOCC2)c1. The zero-order valence-electron chi connectivity index (χ0n) is 16.4. The molecule has 1 saturated carbocycles. The number of fused-ring (bicyclic) bond motifs is 2. The molecule has 4 heteroatoms. The van der Waals surface area contributed by atoms with Crippen LogP contribution < -0.4 is 4.74 Å². The Morgan fingerprint density at radius 1 is 1.12 bits per heavy atom. The Hall–Kier alpha value is -1.10. The molecule has 1 aliphatic carbocycles. The van der Waals surface area contributed by atoms with Crippen LogP contribution >= 0.6 is 0 Å². The van der Waals surface area contributed by atoms with Gasteiger partial charge >= 0.3 is 0 Å². The van der Waals surface area contributed by atoms with Crippen molar-refractivity contribution in [2.45, 2.75) is 51.8 Å². The van der Waals surface area contributed by atoms with Gasteiger partial charge in [-0.25, -0.2) is 0 Å². The number of rotatable bonds is 5. The lowest BCUT2D eigenvalue weighted by molar-refractivity contribution is -0.0623. The summed E-state index contributed by atoms with van der Waals surface area (Å²) in [5, 5.41) is 0. The molecule has 0 aromatic heterocycles. The van der Waals surface area contributed by atoms with E-state index in [9.17, 15) is 0 Å². The van der Waals surface area contributed by atoms with E-state index in [0.29, 0.717) is 0 Å². The molecule has 3 fully saturated rings. The van der Waals surface area contributed by atoms with Crippen molar-refractivity contribution in [3.8, 4) is 5.75 Å². The van der Waals surface area contributed by atoms with Crippen molar-refractivity contribution in [1.29, 1.82) is 0 Å². The number of likely N-dealkylation sites (tertiary alicyclic amines) is 1. The molecule has 2 atom stereocenters. The average Bonchev–Trinajstić information content (AvgIpc) is 2.61. The van der Waals surface area contributed by atoms with Gasteiger partial charge in [-0.1, -0.05) is 18.6 Å². The minimum absolute atomic E-state index is 0.230. The number of hydrogen-bond acceptors (Lipinski definition) is 4. The second-order valence-electron chi connectivity index (χ2n) is 8.60. The van der Waals surface area contributed by atoms with Crippen LogP contribution in [-0.2, 0) is 11.3 Å². The largest absolute Gasteiger partial charge is 0.491 e. The standard InChI is InChI=1S/C22H34N2O2/c1-17(2)26-21-8-3-5-18(13-21)14-23-15-19-6-4-7-20(16-23)22(19)24-9-11-25-12-10-24/h3,5,8,13,17,19-20,22H,4,6-7,9-12,14-16H2,1-2H3/t19-,20-/m0/s1. The molecule has 1 aromatic carbocycles. The molecule has 0 unspecified atom stereocenters. The fourth-order valence-corrected chi connectivity index (χ4v) is 5.35. The zero-order valence-corrected chi connectivity index (χ0v) is 16.4. The molecule has 2 aliphatic heterocycles. The lowest BCUT2D eigenvalue weighted by Crippen LogP contribution is -2.59. The predicted octanol–water partition coefficient (Wildman–Crippen LogP) is 3.41. The highest BCUT2D eigenvalue weighted by atomic mass is 16.5. The molecular weight excluding hydrogens is 324 g/mol. The summed E-state index contributed by atoms with van der Waals surface area (Å²) >= 11 is 0. The van der Waals surface area contributed by atoms with Gasteiger partial charge in [-0.15, -0.1) is 0 Å². The first kappa shape index (κ1) is 18.3. The Balaban J connectivity index is 1.41. The third kappa shape index (κ3) is 4.24. The van der Waals surface area contributed by atoms with Crippen LogP contribution in [0.25, 0.3) is 0 Å². The topological polar surface area (TPSA) is 24.9 Å². The summed E-state index contributed by atoms with van der Waals surface area (Å²) < 4.78 is 11.5. The molecule has 144 valence electrons. The first-order valence-electron chi connectivity index (χ1n) is 10.5. The first-order valence-corrected chi connectivity index (χ1v) is 10.5. The summed E-state index contributed by atoms with van der Waals surface area (Å²) in [5.41, 5.74) is 1.38. The highest BCUT2D eigenvalue weighted by molar-refractivity contribution is 5.28. The Labute approximate surface area is 158 Å². The smallest absolute Gasteiger partial charge is 0.120 e. The molecule has 1 aromatic rings. The molecule has 26 heavy (non-hydrogen) atoms. The normalized spacial score (nSPS) is 30.5. The maximum Gasteiger partial charge on any atom is 0.120 e. The van der Waals surface area contributed by atoms with Crippen molar-refractivity contribution in [3.05, 3.63) is 29.8 Å². The summed E-state index contributed by atoms with van der Waals surface area (Å²) in [6.07, 6.45) is 4.44. The molecule has 4 rings (SSSR count). The molecule has 3 aliphatic rings. The lowest BCUT2D eigenvalue weighted by Gasteiger charge is -2.52. The monoisotopic (exact) mass is 358 g/mol. The molecule has 0 radical (unpaired) electrons. The van der Waals surface area contributed by atoms with E-state index in [1.54, 1.807) is 0 Å². The van der Waals surface area contributed by atoms with E-state index in [0.717, 1.165) is 56.5 Å². The van der Waals surface area contributed by atoms with Gasteiger partial charge in [-0.05, 0) is 56.2 Å². The highest BCUT2D eigenvalue weighted by Gasteiger charge is 2.42. The van der Waals surface area contributed by atoms with Crippen molar-refractivity contribution >= 4 is 0 Å². The quantitative estimate of drug-likeness (QED) is 0.805. The Bertz CT molecular complexity index is 571. The Kier molecular flexibility index (Phi) is 5.82. The van der Waals surface area contributed by atoms with Gasteiger partial charge in [0.2, 0.25) is 0 Å². The molecule has 2 heterocycles. The Morgan fingerprint density at radius 2 is 1.85 bits per heavy atom. The maximum absolute atomic E-state index is 5.88. The summed E-state index contributed by atoms with van der Waals surface area (Å²) in [4.78, 5) is 5.44. The first-order chi connectivity index (χ1) is 12.7. The van der Waals surface area contributed by atoms with Crippen LogP contribution in [0.15, 0.2) is 24.3 Å². The van der Waals surface area contributed by atoms with E-state index < -0.39 is 0 Å². The number of benzene rings is 1.